The number of rotatable bonds is 6. The van der Waals surface area contributed by atoms with Crippen LogP contribution in [0, 0.1) is 0 Å². The third kappa shape index (κ3) is 4.12. The number of carbonyl (C=O) groups is 1. The molecule has 0 saturated carbocycles. The Hall–Kier alpha value is -2.85. The number of furan rings is 1. The van der Waals surface area contributed by atoms with E-state index in [4.69, 9.17) is 9.15 Å². The molecule has 2 aromatic carbocycles. The molecule has 0 bridgehead atoms. The summed E-state index contributed by atoms with van der Waals surface area (Å²) in [5.41, 5.74) is 3.40. The highest BCUT2D eigenvalue weighted by Crippen LogP contribution is 2.26. The maximum absolute atomic E-state index is 13.1. The van der Waals surface area contributed by atoms with Gasteiger partial charge in [0, 0.05) is 13.2 Å². The lowest BCUT2D eigenvalue weighted by Gasteiger charge is -2.25. The molecule has 2 heterocycles. The van der Waals surface area contributed by atoms with Gasteiger partial charge in [-0.2, -0.15) is 0 Å². The van der Waals surface area contributed by atoms with Gasteiger partial charge in [0.05, 0.1) is 12.8 Å². The van der Waals surface area contributed by atoms with Crippen LogP contribution in [0.2, 0.25) is 0 Å². The minimum Gasteiger partial charge on any atom is -0.467 e. The first kappa shape index (κ1) is 17.6. The topological polar surface area (TPSA) is 42.7 Å². The van der Waals surface area contributed by atoms with Crippen molar-refractivity contribution in [3.63, 3.8) is 0 Å². The van der Waals surface area contributed by atoms with Crippen LogP contribution in [0.4, 0.5) is 0 Å². The Labute approximate surface area is 159 Å². The van der Waals surface area contributed by atoms with Crippen LogP contribution in [0.1, 0.15) is 24.2 Å². The van der Waals surface area contributed by atoms with Crippen molar-refractivity contribution in [1.82, 2.24) is 4.90 Å². The molecule has 0 aliphatic carbocycles. The van der Waals surface area contributed by atoms with Crippen LogP contribution in [0.15, 0.2) is 77.4 Å². The van der Waals surface area contributed by atoms with Crippen molar-refractivity contribution in [2.24, 2.45) is 0 Å². The van der Waals surface area contributed by atoms with Crippen molar-refractivity contribution in [3.8, 4) is 11.1 Å². The van der Waals surface area contributed by atoms with Gasteiger partial charge in [-0.15, -0.1) is 0 Å². The molecule has 1 atom stereocenters. The lowest BCUT2D eigenvalue weighted by molar-refractivity contribution is -0.142. The van der Waals surface area contributed by atoms with E-state index >= 15 is 0 Å². The molecule has 4 nitrogen and oxygen atoms in total. The van der Waals surface area contributed by atoms with Crippen LogP contribution in [-0.4, -0.2) is 23.5 Å². The molecule has 1 fully saturated rings. The molecule has 1 aliphatic heterocycles. The van der Waals surface area contributed by atoms with E-state index in [0.29, 0.717) is 19.7 Å². The third-order valence-electron chi connectivity index (χ3n) is 4.91. The second-order valence-corrected chi connectivity index (χ2v) is 6.80. The van der Waals surface area contributed by atoms with E-state index in [1.165, 1.54) is 0 Å². The van der Waals surface area contributed by atoms with E-state index in [0.717, 1.165) is 35.3 Å². The number of hydrogen-bond donors (Lipinski definition) is 0. The molecule has 1 amide bonds. The average molecular weight is 361 g/mol. The highest BCUT2D eigenvalue weighted by atomic mass is 16.5. The van der Waals surface area contributed by atoms with Gasteiger partial charge in [0.2, 0.25) is 0 Å². The van der Waals surface area contributed by atoms with Crippen LogP contribution in [0.5, 0.6) is 0 Å². The highest BCUT2D eigenvalue weighted by molar-refractivity contribution is 5.81. The van der Waals surface area contributed by atoms with Crippen LogP contribution in [0.3, 0.4) is 0 Å². The zero-order valence-corrected chi connectivity index (χ0v) is 15.2. The molecule has 27 heavy (non-hydrogen) atoms. The van der Waals surface area contributed by atoms with Gasteiger partial charge < -0.3 is 14.1 Å². The average Bonchev–Trinajstić information content (AvgIpc) is 3.42. The van der Waals surface area contributed by atoms with Crippen molar-refractivity contribution in [2.45, 2.75) is 32.0 Å². The minimum atomic E-state index is -0.344. The summed E-state index contributed by atoms with van der Waals surface area (Å²) in [5, 5.41) is 0. The number of carbonyl (C=O) groups excluding carboxylic acids is 1. The fraction of sp³-hybridized carbons (Fsp3) is 0.261. The summed E-state index contributed by atoms with van der Waals surface area (Å²) in [6.07, 6.45) is 3.02. The molecule has 1 aliphatic rings. The quantitative estimate of drug-likeness (QED) is 0.642. The Morgan fingerprint density at radius 1 is 0.963 bits per heavy atom. The van der Waals surface area contributed by atoms with Gasteiger partial charge in [-0.05, 0) is 41.7 Å². The molecule has 4 heteroatoms. The van der Waals surface area contributed by atoms with Crippen molar-refractivity contribution < 1.29 is 13.9 Å². The van der Waals surface area contributed by atoms with Crippen LogP contribution < -0.4 is 0 Å². The zero-order valence-electron chi connectivity index (χ0n) is 15.2. The van der Waals surface area contributed by atoms with E-state index in [2.05, 4.69) is 24.3 Å². The maximum Gasteiger partial charge on any atom is 0.252 e. The number of ether oxygens (including phenoxy) is 1. The highest BCUT2D eigenvalue weighted by Gasteiger charge is 2.29. The SMILES string of the molecule is O=C([C@H]1CCCO1)N(Cc1ccco1)Cc1ccccc1-c1ccccc1. The Morgan fingerprint density at radius 3 is 2.52 bits per heavy atom. The summed E-state index contributed by atoms with van der Waals surface area (Å²) in [6, 6.07) is 22.3. The lowest BCUT2D eigenvalue weighted by atomic mass is 9.99. The normalized spacial score (nSPS) is 16.4. The van der Waals surface area contributed by atoms with Crippen LogP contribution in [-0.2, 0) is 22.6 Å². The van der Waals surface area contributed by atoms with Crippen LogP contribution >= 0.6 is 0 Å². The largest absolute Gasteiger partial charge is 0.467 e. The molecular formula is C23H23NO3. The number of amides is 1. The Kier molecular flexibility index (Phi) is 5.35. The smallest absolute Gasteiger partial charge is 0.252 e. The molecule has 3 aromatic rings. The van der Waals surface area contributed by atoms with E-state index in [9.17, 15) is 4.79 Å². The monoisotopic (exact) mass is 361 g/mol. The van der Waals surface area contributed by atoms with Gasteiger partial charge >= 0.3 is 0 Å². The van der Waals surface area contributed by atoms with Crippen molar-refractivity contribution >= 4 is 5.91 Å². The summed E-state index contributed by atoms with van der Waals surface area (Å²) in [7, 11) is 0. The Balaban J connectivity index is 1.62. The molecule has 0 unspecified atom stereocenters. The molecule has 0 spiro atoms. The zero-order chi connectivity index (χ0) is 18.5. The fourth-order valence-corrected chi connectivity index (χ4v) is 3.54. The summed E-state index contributed by atoms with van der Waals surface area (Å²) in [4.78, 5) is 14.9. The standard InChI is InChI=1S/C23H23NO3/c25-23(22-13-7-15-27-22)24(17-20-11-6-14-26-20)16-19-10-4-5-12-21(19)18-8-2-1-3-9-18/h1-6,8-12,14,22H,7,13,15-17H2/t22-/m1/s1. The van der Waals surface area contributed by atoms with Crippen molar-refractivity contribution in [1.29, 1.82) is 0 Å². The second-order valence-electron chi connectivity index (χ2n) is 6.80. The second kappa shape index (κ2) is 8.23. The summed E-state index contributed by atoms with van der Waals surface area (Å²) in [5.74, 6) is 0.810. The van der Waals surface area contributed by atoms with Gasteiger partial charge in [0.25, 0.3) is 5.91 Å². The van der Waals surface area contributed by atoms with Crippen molar-refractivity contribution in [3.05, 3.63) is 84.3 Å². The predicted molar refractivity (Wildman–Crippen MR) is 104 cm³/mol. The van der Waals surface area contributed by atoms with Crippen molar-refractivity contribution in [2.75, 3.05) is 6.61 Å². The van der Waals surface area contributed by atoms with Gasteiger partial charge in [-0.25, -0.2) is 0 Å². The molecule has 0 radical (unpaired) electrons. The molecule has 1 saturated heterocycles. The Bertz CT molecular complexity index is 868. The van der Waals surface area contributed by atoms with E-state index < -0.39 is 0 Å². The Morgan fingerprint density at radius 2 is 1.78 bits per heavy atom. The molecule has 138 valence electrons. The lowest BCUT2D eigenvalue weighted by Crippen LogP contribution is -2.38. The van der Waals surface area contributed by atoms with E-state index in [-0.39, 0.29) is 12.0 Å². The van der Waals surface area contributed by atoms with E-state index in [1.807, 2.05) is 47.4 Å². The summed E-state index contributed by atoms with van der Waals surface area (Å²) >= 11 is 0. The minimum absolute atomic E-state index is 0.0340. The summed E-state index contributed by atoms with van der Waals surface area (Å²) in [6.45, 7) is 1.62. The van der Waals surface area contributed by atoms with Crippen LogP contribution in [0.25, 0.3) is 11.1 Å². The van der Waals surface area contributed by atoms with Gasteiger partial charge in [0.1, 0.15) is 11.9 Å². The molecule has 0 N–H and O–H groups in total. The predicted octanol–water partition coefficient (Wildman–Crippen LogP) is 4.65. The van der Waals surface area contributed by atoms with E-state index in [1.54, 1.807) is 6.26 Å². The first-order valence-electron chi connectivity index (χ1n) is 9.37. The van der Waals surface area contributed by atoms with Gasteiger partial charge in [-0.3, -0.25) is 4.79 Å². The fourth-order valence-electron chi connectivity index (χ4n) is 3.54. The molecule has 1 aromatic heterocycles. The summed E-state index contributed by atoms with van der Waals surface area (Å²) < 4.78 is 11.1. The number of hydrogen-bond acceptors (Lipinski definition) is 3. The molecular weight excluding hydrogens is 338 g/mol. The first-order valence-corrected chi connectivity index (χ1v) is 9.37. The maximum atomic E-state index is 13.1. The first-order chi connectivity index (χ1) is 13.3. The van der Waals surface area contributed by atoms with Gasteiger partial charge in [0.15, 0.2) is 0 Å². The number of nitrogens with zero attached hydrogens (tertiary/aromatic N) is 1. The number of benzene rings is 2. The third-order valence-corrected chi connectivity index (χ3v) is 4.91. The van der Waals surface area contributed by atoms with Gasteiger partial charge in [-0.1, -0.05) is 54.6 Å². The molecule has 4 rings (SSSR count).